The molecule has 0 saturated heterocycles. The summed E-state index contributed by atoms with van der Waals surface area (Å²) in [7, 11) is 5.59. The normalized spacial score (nSPS) is 10.3. The number of methoxy groups -OCH3 is 1. The topological polar surface area (TPSA) is 201 Å². The average molecular weight is 630 g/mol. The first kappa shape index (κ1) is 35.7. The molecule has 0 saturated carbocycles. The first-order valence-corrected chi connectivity index (χ1v) is 13.6. The van der Waals surface area contributed by atoms with Gasteiger partial charge in [0.25, 0.3) is 17.3 Å². The summed E-state index contributed by atoms with van der Waals surface area (Å²) in [6.45, 7) is 4.13. The molecule has 242 valence electrons. The van der Waals surface area contributed by atoms with Crippen molar-refractivity contribution < 1.29 is 38.9 Å². The number of likely N-dealkylation sites (N-methyl/N-ethyl adjacent to an activating group) is 1. The zero-order valence-corrected chi connectivity index (χ0v) is 25.3. The third-order valence-electron chi connectivity index (χ3n) is 6.07. The van der Waals surface area contributed by atoms with Crippen molar-refractivity contribution in [3.63, 3.8) is 0 Å². The molecule has 0 aliphatic rings. The van der Waals surface area contributed by atoms with E-state index < -0.39 is 37.6 Å². The van der Waals surface area contributed by atoms with Gasteiger partial charge in [0.05, 0.1) is 40.6 Å². The second-order valence-corrected chi connectivity index (χ2v) is 9.61. The number of amides is 1. The quantitative estimate of drug-likeness (QED) is 0.135. The molecule has 0 aliphatic heterocycles. The number of nitro groups is 3. The Labute approximate surface area is 258 Å². The minimum absolute atomic E-state index is 0.0322. The molecule has 3 aromatic rings. The van der Waals surface area contributed by atoms with Crippen LogP contribution in [0, 0.1) is 30.3 Å². The number of carbonyl (C=O) groups excluding carboxylic acids is 1. The van der Waals surface area contributed by atoms with Crippen molar-refractivity contribution in [3.05, 3.63) is 91.0 Å². The van der Waals surface area contributed by atoms with E-state index in [-0.39, 0.29) is 12.5 Å². The number of unbranched alkanes of at least 4 members (excludes halogenated alkanes) is 1. The largest absolute Gasteiger partial charge is 0.497 e. The van der Waals surface area contributed by atoms with Crippen LogP contribution in [0.3, 0.4) is 0 Å². The van der Waals surface area contributed by atoms with Crippen LogP contribution in [-0.2, 0) is 4.79 Å². The number of phenols is 1. The number of aromatic hydroxyl groups is 1. The van der Waals surface area contributed by atoms with E-state index in [1.165, 1.54) is 0 Å². The first-order valence-electron chi connectivity index (χ1n) is 13.6. The van der Waals surface area contributed by atoms with Crippen molar-refractivity contribution in [2.75, 3.05) is 52.4 Å². The zero-order valence-electron chi connectivity index (χ0n) is 25.3. The predicted octanol–water partition coefficient (Wildman–Crippen LogP) is 4.96. The Balaban J connectivity index is 0.000000372. The molecule has 0 unspecified atom stereocenters. The molecule has 0 heterocycles. The van der Waals surface area contributed by atoms with Gasteiger partial charge in [-0.25, -0.2) is 0 Å². The number of anilines is 1. The van der Waals surface area contributed by atoms with E-state index in [0.717, 1.165) is 36.6 Å². The number of rotatable bonds is 15. The van der Waals surface area contributed by atoms with Gasteiger partial charge < -0.3 is 29.1 Å². The molecule has 0 bridgehead atoms. The Bertz CT molecular complexity index is 1410. The van der Waals surface area contributed by atoms with Crippen molar-refractivity contribution in [2.24, 2.45) is 0 Å². The maximum Gasteiger partial charge on any atom is 0.324 e. The molecule has 0 atom stereocenters. The molecular formula is C29H35N5O11. The van der Waals surface area contributed by atoms with Crippen LogP contribution in [0.5, 0.6) is 23.0 Å². The van der Waals surface area contributed by atoms with E-state index in [9.17, 15) is 35.1 Å². The highest BCUT2D eigenvalue weighted by Crippen LogP contribution is 2.39. The Kier molecular flexibility index (Phi) is 13.9. The van der Waals surface area contributed by atoms with Gasteiger partial charge in [0.1, 0.15) is 17.2 Å². The lowest BCUT2D eigenvalue weighted by atomic mass is 10.2. The van der Waals surface area contributed by atoms with Crippen molar-refractivity contribution in [1.29, 1.82) is 0 Å². The van der Waals surface area contributed by atoms with E-state index >= 15 is 0 Å². The Morgan fingerprint density at radius 1 is 0.800 bits per heavy atom. The van der Waals surface area contributed by atoms with Gasteiger partial charge in [-0.3, -0.25) is 35.1 Å². The van der Waals surface area contributed by atoms with Crippen LogP contribution in [0.4, 0.5) is 22.7 Å². The highest BCUT2D eigenvalue weighted by Gasteiger charge is 2.30. The minimum atomic E-state index is -1.21. The number of hydrogen-bond acceptors (Lipinski definition) is 12. The van der Waals surface area contributed by atoms with Gasteiger partial charge in [0, 0.05) is 18.8 Å². The summed E-state index contributed by atoms with van der Waals surface area (Å²) in [5, 5.41) is 40.2. The number of hydrogen-bond donors (Lipinski definition) is 1. The number of ether oxygens (including phenoxy) is 3. The second kappa shape index (κ2) is 17.6. The molecule has 0 aliphatic carbocycles. The van der Waals surface area contributed by atoms with Gasteiger partial charge in [0.15, 0.2) is 6.61 Å². The van der Waals surface area contributed by atoms with E-state index in [0.29, 0.717) is 31.0 Å². The molecule has 1 amide bonds. The van der Waals surface area contributed by atoms with E-state index in [1.54, 1.807) is 12.0 Å². The first-order chi connectivity index (χ1) is 21.4. The van der Waals surface area contributed by atoms with Crippen LogP contribution in [-0.4, -0.2) is 78.2 Å². The van der Waals surface area contributed by atoms with Gasteiger partial charge in [-0.2, -0.15) is 0 Å². The molecule has 3 aromatic carbocycles. The number of benzene rings is 3. The smallest absolute Gasteiger partial charge is 0.324 e. The Morgan fingerprint density at radius 3 is 1.76 bits per heavy atom. The summed E-state index contributed by atoms with van der Waals surface area (Å²) in [6, 6.07) is 15.7. The van der Waals surface area contributed by atoms with Gasteiger partial charge in [-0.1, -0.05) is 13.3 Å². The lowest BCUT2D eigenvalue weighted by Gasteiger charge is -2.25. The monoisotopic (exact) mass is 629 g/mol. The second-order valence-electron chi connectivity index (χ2n) is 9.61. The zero-order chi connectivity index (χ0) is 33.5. The van der Waals surface area contributed by atoms with Crippen molar-refractivity contribution >= 4 is 28.7 Å². The van der Waals surface area contributed by atoms with Crippen LogP contribution in [0.15, 0.2) is 60.7 Å². The molecule has 0 spiro atoms. The van der Waals surface area contributed by atoms with Crippen molar-refractivity contribution in [1.82, 2.24) is 4.90 Å². The number of nitro benzene ring substituents is 3. The summed E-state index contributed by atoms with van der Waals surface area (Å²) in [4.78, 5) is 44.4. The fourth-order valence-corrected chi connectivity index (χ4v) is 3.62. The minimum Gasteiger partial charge on any atom is -0.497 e. The molecule has 0 aromatic heterocycles. The van der Waals surface area contributed by atoms with E-state index in [4.69, 9.17) is 19.3 Å². The van der Waals surface area contributed by atoms with Crippen LogP contribution < -0.4 is 19.1 Å². The standard InChI is InChI=1S/C23H32N2O4.C6H3N3O7/c1-5-6-17-28-21-11-13-22(14-12-21)29-18-23(26)25(16-15-24(2)3)19-7-9-20(27-4)10-8-19;10-6-4(8(13)14)1-3(7(11)12)2-5(6)9(15)16/h7-14H,5-6,15-18H2,1-4H3;1-2,10H. The van der Waals surface area contributed by atoms with Gasteiger partial charge >= 0.3 is 11.4 Å². The molecule has 0 radical (unpaired) electrons. The molecule has 45 heavy (non-hydrogen) atoms. The van der Waals surface area contributed by atoms with Gasteiger partial charge in [-0.05, 0) is 69.0 Å². The van der Waals surface area contributed by atoms with Gasteiger partial charge in [0.2, 0.25) is 0 Å². The number of carbonyl (C=O) groups is 1. The fourth-order valence-electron chi connectivity index (χ4n) is 3.62. The molecular weight excluding hydrogens is 594 g/mol. The lowest BCUT2D eigenvalue weighted by molar-refractivity contribution is -0.404. The maximum absolute atomic E-state index is 12.9. The molecule has 16 nitrogen and oxygen atoms in total. The fraction of sp³-hybridized carbons (Fsp3) is 0.345. The molecule has 16 heteroatoms. The van der Waals surface area contributed by atoms with Crippen molar-refractivity contribution in [2.45, 2.75) is 19.8 Å². The predicted molar refractivity (Wildman–Crippen MR) is 164 cm³/mol. The third kappa shape index (κ3) is 11.3. The summed E-state index contributed by atoms with van der Waals surface area (Å²) in [6.07, 6.45) is 2.13. The van der Waals surface area contributed by atoms with Crippen LogP contribution in [0.1, 0.15) is 19.8 Å². The number of nitrogens with zero attached hydrogens (tertiary/aromatic N) is 5. The lowest BCUT2D eigenvalue weighted by Crippen LogP contribution is -2.39. The maximum atomic E-state index is 12.9. The Hall–Kier alpha value is -5.51. The molecule has 0 fully saturated rings. The van der Waals surface area contributed by atoms with E-state index in [2.05, 4.69) is 6.92 Å². The van der Waals surface area contributed by atoms with Crippen LogP contribution in [0.25, 0.3) is 0 Å². The van der Waals surface area contributed by atoms with Gasteiger partial charge in [-0.15, -0.1) is 0 Å². The Morgan fingerprint density at radius 2 is 1.31 bits per heavy atom. The average Bonchev–Trinajstić information content (AvgIpc) is 3.01. The van der Waals surface area contributed by atoms with Crippen LogP contribution >= 0.6 is 0 Å². The van der Waals surface area contributed by atoms with Crippen molar-refractivity contribution in [3.8, 4) is 23.0 Å². The summed E-state index contributed by atoms with van der Waals surface area (Å²) >= 11 is 0. The highest BCUT2D eigenvalue weighted by atomic mass is 16.6. The number of non-ortho nitro benzene ring substituents is 1. The molecule has 1 N–H and O–H groups in total. The summed E-state index contributed by atoms with van der Waals surface area (Å²) < 4.78 is 16.6. The van der Waals surface area contributed by atoms with Crippen LogP contribution in [0.2, 0.25) is 0 Å². The SMILES string of the molecule is CCCCOc1ccc(OCC(=O)N(CCN(C)C)c2ccc(OC)cc2)cc1.O=[N+]([O-])c1cc([N+](=O)[O-])c(O)c([N+](=O)[O-])c1. The summed E-state index contributed by atoms with van der Waals surface area (Å²) in [5.74, 6) is 0.901. The summed E-state index contributed by atoms with van der Waals surface area (Å²) in [5.41, 5.74) is -2.18. The van der Waals surface area contributed by atoms with E-state index in [1.807, 2.05) is 67.5 Å². The molecule has 3 rings (SSSR count). The number of phenolic OH excluding ortho intramolecular Hbond substituents is 1. The third-order valence-corrected chi connectivity index (χ3v) is 6.07. The highest BCUT2D eigenvalue weighted by molar-refractivity contribution is 5.94.